The molecule has 0 aromatic heterocycles. The number of amides is 1. The highest BCUT2D eigenvalue weighted by Gasteiger charge is 1.72. The molecule has 0 heterocycles. The van der Waals surface area contributed by atoms with Crippen LogP contribution in [0.25, 0.3) is 0 Å². The van der Waals surface area contributed by atoms with Crippen LogP contribution in [0.5, 0.6) is 0 Å². The minimum absolute atomic E-state index is 0.00463. The van der Waals surface area contributed by atoms with Crippen LogP contribution in [0.1, 0.15) is 13.8 Å². The lowest BCUT2D eigenvalue weighted by molar-refractivity contribution is -0.118. The van der Waals surface area contributed by atoms with Crippen molar-refractivity contribution in [2.45, 2.75) is 13.8 Å². The van der Waals surface area contributed by atoms with Crippen LogP contribution in [-0.2, 0) is 9.63 Å². The van der Waals surface area contributed by atoms with Crippen molar-refractivity contribution in [3.63, 3.8) is 0 Å². The maximum atomic E-state index is 9.70. The SMILES string of the molecule is C=NNC(=C)C.C=NOC.CNC(C)=O. The van der Waals surface area contributed by atoms with Crippen molar-refractivity contribution in [3.05, 3.63) is 12.3 Å². The maximum absolute atomic E-state index is 9.70. The van der Waals surface area contributed by atoms with Gasteiger partial charge in [0.05, 0.1) is 0 Å². The third-order valence-electron chi connectivity index (χ3n) is 0.751. The Labute approximate surface area is 91.1 Å². The van der Waals surface area contributed by atoms with Gasteiger partial charge in [0.25, 0.3) is 0 Å². The molecule has 2 N–H and O–H groups in total. The Morgan fingerprint density at radius 3 is 1.67 bits per heavy atom. The van der Waals surface area contributed by atoms with Gasteiger partial charge in [-0.05, 0) is 6.92 Å². The van der Waals surface area contributed by atoms with Crippen molar-refractivity contribution in [3.8, 4) is 0 Å². The molecule has 0 radical (unpaired) electrons. The van der Waals surface area contributed by atoms with Gasteiger partial charge in [0.15, 0.2) is 0 Å². The van der Waals surface area contributed by atoms with E-state index in [1.54, 1.807) is 7.05 Å². The molecule has 0 aromatic rings. The summed E-state index contributed by atoms with van der Waals surface area (Å²) >= 11 is 0. The van der Waals surface area contributed by atoms with Crippen LogP contribution in [0, 0.1) is 0 Å². The topological polar surface area (TPSA) is 75.1 Å². The number of carbonyl (C=O) groups is 1. The Balaban J connectivity index is -0.000000147. The van der Waals surface area contributed by atoms with Crippen molar-refractivity contribution >= 4 is 19.3 Å². The summed E-state index contributed by atoms with van der Waals surface area (Å²) in [4.78, 5) is 13.8. The summed E-state index contributed by atoms with van der Waals surface area (Å²) in [7, 11) is 3.05. The Morgan fingerprint density at radius 1 is 1.33 bits per heavy atom. The van der Waals surface area contributed by atoms with Gasteiger partial charge >= 0.3 is 0 Å². The Morgan fingerprint density at radius 2 is 1.67 bits per heavy atom. The van der Waals surface area contributed by atoms with E-state index in [9.17, 15) is 4.79 Å². The number of rotatable bonds is 3. The predicted molar refractivity (Wildman–Crippen MR) is 63.8 cm³/mol. The van der Waals surface area contributed by atoms with Gasteiger partial charge in [-0.2, -0.15) is 5.10 Å². The minimum Gasteiger partial charge on any atom is -0.400 e. The summed E-state index contributed by atoms with van der Waals surface area (Å²) in [5.41, 5.74) is 3.34. The van der Waals surface area contributed by atoms with Gasteiger partial charge in [0, 0.05) is 33.1 Å². The highest BCUT2D eigenvalue weighted by molar-refractivity contribution is 5.72. The molecule has 88 valence electrons. The Bertz CT molecular complexity index is 193. The van der Waals surface area contributed by atoms with Crippen molar-refractivity contribution < 1.29 is 9.63 Å². The summed E-state index contributed by atoms with van der Waals surface area (Å²) < 4.78 is 0. The lowest BCUT2D eigenvalue weighted by Crippen LogP contribution is -2.11. The van der Waals surface area contributed by atoms with Crippen molar-refractivity contribution in [1.29, 1.82) is 0 Å². The molecule has 0 bridgehead atoms. The standard InChI is InChI=1S/C4H8N2.C3H7NO.C2H5NO/c1-4(2)6-5-3;1-3(5)4-2;1-3-4-2/h6H,1,3H2,2H3;1-2H3,(H,4,5);1H2,2H3. The molecule has 6 heteroatoms. The van der Waals surface area contributed by atoms with Gasteiger partial charge in [-0.3, -0.25) is 10.2 Å². The first kappa shape index (κ1) is 18.8. The normalized spacial score (nSPS) is 6.40. The van der Waals surface area contributed by atoms with E-state index in [4.69, 9.17) is 0 Å². The number of nitrogens with one attached hydrogen (secondary N) is 2. The molecule has 0 fully saturated rings. The van der Waals surface area contributed by atoms with E-state index in [0.29, 0.717) is 0 Å². The van der Waals surface area contributed by atoms with E-state index < -0.39 is 0 Å². The Hall–Kier alpha value is -1.85. The molecule has 0 aliphatic heterocycles. The van der Waals surface area contributed by atoms with Gasteiger partial charge in [-0.1, -0.05) is 6.58 Å². The van der Waals surface area contributed by atoms with Crippen molar-refractivity contribution in [2.75, 3.05) is 14.2 Å². The average Bonchev–Trinajstić information content (AvgIpc) is 2.19. The average molecular weight is 216 g/mol. The highest BCUT2D eigenvalue weighted by atomic mass is 16.6. The molecule has 0 aliphatic carbocycles. The smallest absolute Gasteiger partial charge is 0.216 e. The molecule has 0 unspecified atom stereocenters. The van der Waals surface area contributed by atoms with Crippen LogP contribution in [0.3, 0.4) is 0 Å². The zero-order chi connectivity index (χ0) is 12.7. The maximum Gasteiger partial charge on any atom is 0.216 e. The summed E-state index contributed by atoms with van der Waals surface area (Å²) in [5.74, 6) is 0.00463. The zero-order valence-electron chi connectivity index (χ0n) is 9.83. The van der Waals surface area contributed by atoms with E-state index >= 15 is 0 Å². The van der Waals surface area contributed by atoms with Crippen LogP contribution >= 0.6 is 0 Å². The van der Waals surface area contributed by atoms with Crippen LogP contribution in [0.2, 0.25) is 0 Å². The van der Waals surface area contributed by atoms with E-state index in [1.165, 1.54) is 14.0 Å². The lowest BCUT2D eigenvalue weighted by atomic mass is 10.6. The molecule has 0 atom stereocenters. The number of hydrogen-bond acceptors (Lipinski definition) is 5. The molecule has 15 heavy (non-hydrogen) atoms. The molecule has 0 spiro atoms. The quantitative estimate of drug-likeness (QED) is 0.539. The molecule has 6 nitrogen and oxygen atoms in total. The molecular weight excluding hydrogens is 196 g/mol. The third-order valence-corrected chi connectivity index (χ3v) is 0.751. The number of hydrogen-bond donors (Lipinski definition) is 2. The molecule has 0 rings (SSSR count). The summed E-state index contributed by atoms with van der Waals surface area (Å²) in [6.45, 7) is 13.0. The number of hydrazone groups is 1. The number of oxime groups is 1. The van der Waals surface area contributed by atoms with Crippen LogP contribution in [0.4, 0.5) is 0 Å². The monoisotopic (exact) mass is 216 g/mol. The second-order valence-electron chi connectivity index (χ2n) is 2.17. The minimum atomic E-state index is 0.00463. The Kier molecular flexibility index (Phi) is 22.7. The van der Waals surface area contributed by atoms with Gasteiger partial charge in [0.2, 0.25) is 5.91 Å². The first-order valence-electron chi connectivity index (χ1n) is 4.00. The molecule has 0 aliphatic rings. The van der Waals surface area contributed by atoms with E-state index in [-0.39, 0.29) is 5.91 Å². The zero-order valence-corrected chi connectivity index (χ0v) is 9.83. The lowest BCUT2D eigenvalue weighted by Gasteiger charge is -1.89. The van der Waals surface area contributed by atoms with Crippen molar-refractivity contribution in [1.82, 2.24) is 10.7 Å². The second-order valence-corrected chi connectivity index (χ2v) is 2.17. The van der Waals surface area contributed by atoms with E-state index in [2.05, 4.69) is 45.9 Å². The summed E-state index contributed by atoms with van der Waals surface area (Å²) in [5, 5.41) is 8.71. The van der Waals surface area contributed by atoms with E-state index in [0.717, 1.165) is 5.70 Å². The van der Waals surface area contributed by atoms with E-state index in [1.807, 2.05) is 6.92 Å². The van der Waals surface area contributed by atoms with Crippen molar-refractivity contribution in [2.24, 2.45) is 10.3 Å². The summed E-state index contributed by atoms with van der Waals surface area (Å²) in [6, 6.07) is 0. The molecule has 0 saturated carbocycles. The molecule has 1 amide bonds. The fraction of sp³-hybridized carbons (Fsp3) is 0.444. The fourth-order valence-electron chi connectivity index (χ4n) is 0.135. The second kappa shape index (κ2) is 18.0. The van der Waals surface area contributed by atoms with Gasteiger partial charge < -0.3 is 10.2 Å². The number of allylic oxidation sites excluding steroid dienone is 1. The fourth-order valence-corrected chi connectivity index (χ4v) is 0.135. The van der Waals surface area contributed by atoms with Crippen LogP contribution in [0.15, 0.2) is 22.5 Å². The molecule has 0 aromatic carbocycles. The number of nitrogens with zero attached hydrogens (tertiary/aromatic N) is 2. The van der Waals surface area contributed by atoms with Crippen LogP contribution in [-0.4, -0.2) is 33.5 Å². The summed E-state index contributed by atoms with van der Waals surface area (Å²) in [6.07, 6.45) is 0. The molecule has 0 saturated heterocycles. The van der Waals surface area contributed by atoms with Gasteiger partial charge in [-0.25, -0.2) is 0 Å². The molecular formula is C9H20N4O2. The predicted octanol–water partition coefficient (Wildman–Crippen LogP) is 0.726. The highest BCUT2D eigenvalue weighted by Crippen LogP contribution is 1.72. The van der Waals surface area contributed by atoms with Crippen LogP contribution < -0.4 is 10.7 Å². The van der Waals surface area contributed by atoms with Gasteiger partial charge in [0.1, 0.15) is 7.11 Å². The largest absolute Gasteiger partial charge is 0.400 e. The first-order valence-corrected chi connectivity index (χ1v) is 4.00. The third kappa shape index (κ3) is 72.7. The first-order chi connectivity index (χ1) is 6.95. The number of carbonyl (C=O) groups excluding carboxylic acids is 1. The van der Waals surface area contributed by atoms with Gasteiger partial charge in [-0.15, -0.1) is 5.16 Å².